The van der Waals surface area contributed by atoms with Gasteiger partial charge in [0.15, 0.2) is 0 Å². The van der Waals surface area contributed by atoms with Gasteiger partial charge in [-0.3, -0.25) is 9.59 Å². The Kier molecular flexibility index (Phi) is 5.40. The lowest BCUT2D eigenvalue weighted by molar-refractivity contribution is 0.0535. The van der Waals surface area contributed by atoms with Crippen molar-refractivity contribution in [3.05, 3.63) is 68.3 Å². The monoisotopic (exact) mass is 454 g/mol. The zero-order chi connectivity index (χ0) is 17.1. The number of amides is 2. The normalized spacial score (nSPS) is 14.6. The number of rotatable bonds is 2. The van der Waals surface area contributed by atoms with Crippen LogP contribution in [0.4, 0.5) is 0 Å². The number of benzene rings is 2. The molecule has 0 atom stereocenters. The summed E-state index contributed by atoms with van der Waals surface area (Å²) in [7, 11) is 0. The van der Waals surface area contributed by atoms with Gasteiger partial charge in [0.2, 0.25) is 0 Å². The molecular weight excluding hydrogens is 439 g/mol. The Bertz CT molecular complexity index is 756. The van der Waals surface area contributed by atoms with Gasteiger partial charge >= 0.3 is 0 Å². The molecule has 1 fully saturated rings. The number of piperazine rings is 1. The smallest absolute Gasteiger partial charge is 0.255 e. The summed E-state index contributed by atoms with van der Waals surface area (Å²) in [5.41, 5.74) is 1.34. The van der Waals surface area contributed by atoms with Crippen LogP contribution in [0.1, 0.15) is 20.7 Å². The lowest BCUT2D eigenvalue weighted by Crippen LogP contribution is -2.50. The third kappa shape index (κ3) is 3.72. The molecule has 0 spiro atoms. The van der Waals surface area contributed by atoms with Gasteiger partial charge < -0.3 is 9.80 Å². The Morgan fingerprint density at radius 2 is 1.38 bits per heavy atom. The molecule has 1 heterocycles. The van der Waals surface area contributed by atoms with Gasteiger partial charge in [-0.2, -0.15) is 0 Å². The highest BCUT2D eigenvalue weighted by molar-refractivity contribution is 14.1. The van der Waals surface area contributed by atoms with Crippen molar-refractivity contribution in [3.63, 3.8) is 0 Å². The highest BCUT2D eigenvalue weighted by Crippen LogP contribution is 2.17. The van der Waals surface area contributed by atoms with Crippen LogP contribution in [0.25, 0.3) is 0 Å². The van der Waals surface area contributed by atoms with E-state index < -0.39 is 0 Å². The minimum absolute atomic E-state index is 0.0203. The van der Waals surface area contributed by atoms with Crippen LogP contribution in [0.2, 0.25) is 5.02 Å². The molecule has 4 nitrogen and oxygen atoms in total. The zero-order valence-corrected chi connectivity index (χ0v) is 15.8. The second-order valence-electron chi connectivity index (χ2n) is 5.57. The van der Waals surface area contributed by atoms with Gasteiger partial charge in [-0.05, 0) is 59.0 Å². The topological polar surface area (TPSA) is 40.6 Å². The van der Waals surface area contributed by atoms with Crippen LogP contribution in [0.5, 0.6) is 0 Å². The van der Waals surface area contributed by atoms with Crippen molar-refractivity contribution in [1.29, 1.82) is 0 Å². The number of carbonyl (C=O) groups excluding carboxylic acids is 2. The molecule has 0 unspecified atom stereocenters. The maximum atomic E-state index is 12.6. The minimum Gasteiger partial charge on any atom is -0.335 e. The summed E-state index contributed by atoms with van der Waals surface area (Å²) in [5, 5.41) is 0.611. The van der Waals surface area contributed by atoms with E-state index in [0.29, 0.717) is 36.8 Å². The molecule has 2 aromatic rings. The van der Waals surface area contributed by atoms with E-state index in [-0.39, 0.29) is 11.8 Å². The zero-order valence-electron chi connectivity index (χ0n) is 12.9. The van der Waals surface area contributed by atoms with Crippen LogP contribution in [0.3, 0.4) is 0 Å². The van der Waals surface area contributed by atoms with E-state index in [1.54, 1.807) is 29.2 Å². The molecule has 2 amide bonds. The number of nitrogens with zero attached hydrogens (tertiary/aromatic N) is 2. The van der Waals surface area contributed by atoms with Crippen molar-refractivity contribution in [3.8, 4) is 0 Å². The fraction of sp³-hybridized carbons (Fsp3) is 0.222. The minimum atomic E-state index is -0.0203. The molecule has 0 bridgehead atoms. The fourth-order valence-corrected chi connectivity index (χ4v) is 3.44. The SMILES string of the molecule is O=C(c1ccc(Cl)cc1)N1CCN(C(=O)c2ccccc2I)CC1. The number of hydrogen-bond donors (Lipinski definition) is 0. The van der Waals surface area contributed by atoms with Crippen LogP contribution in [-0.2, 0) is 0 Å². The average Bonchev–Trinajstić information content (AvgIpc) is 2.62. The van der Waals surface area contributed by atoms with Crippen LogP contribution >= 0.6 is 34.2 Å². The Morgan fingerprint density at radius 3 is 1.96 bits per heavy atom. The first-order chi connectivity index (χ1) is 11.6. The van der Waals surface area contributed by atoms with Gasteiger partial charge in [-0.15, -0.1) is 0 Å². The van der Waals surface area contributed by atoms with Crippen LogP contribution in [0.15, 0.2) is 48.5 Å². The molecule has 0 saturated carbocycles. The van der Waals surface area contributed by atoms with E-state index in [1.165, 1.54) is 0 Å². The molecule has 1 saturated heterocycles. The summed E-state index contributed by atoms with van der Waals surface area (Å²) in [5.74, 6) is 0.00616. The Balaban J connectivity index is 1.63. The van der Waals surface area contributed by atoms with E-state index in [2.05, 4.69) is 22.6 Å². The Morgan fingerprint density at radius 1 is 0.833 bits per heavy atom. The second kappa shape index (κ2) is 7.53. The van der Waals surface area contributed by atoms with Crippen molar-refractivity contribution in [2.45, 2.75) is 0 Å². The number of halogens is 2. The third-order valence-corrected chi connectivity index (χ3v) is 5.24. The predicted molar refractivity (Wildman–Crippen MR) is 102 cm³/mol. The first kappa shape index (κ1) is 17.2. The highest BCUT2D eigenvalue weighted by atomic mass is 127. The lowest BCUT2D eigenvalue weighted by atomic mass is 10.1. The molecule has 2 aromatic carbocycles. The molecule has 1 aliphatic heterocycles. The summed E-state index contributed by atoms with van der Waals surface area (Å²) in [4.78, 5) is 28.7. The molecule has 1 aliphatic rings. The van der Waals surface area contributed by atoms with Gasteiger partial charge in [0.05, 0.1) is 5.56 Å². The maximum absolute atomic E-state index is 12.6. The van der Waals surface area contributed by atoms with Crippen molar-refractivity contribution in [2.24, 2.45) is 0 Å². The van der Waals surface area contributed by atoms with Crippen LogP contribution < -0.4 is 0 Å². The first-order valence-corrected chi connectivity index (χ1v) is 9.10. The van der Waals surface area contributed by atoms with Crippen molar-refractivity contribution in [1.82, 2.24) is 9.80 Å². The van der Waals surface area contributed by atoms with Crippen LogP contribution in [0, 0.1) is 3.57 Å². The quantitative estimate of drug-likeness (QED) is 0.651. The number of hydrogen-bond acceptors (Lipinski definition) is 2. The maximum Gasteiger partial charge on any atom is 0.255 e. The Labute approximate surface area is 159 Å². The molecule has 24 heavy (non-hydrogen) atoms. The molecule has 3 rings (SSSR count). The first-order valence-electron chi connectivity index (χ1n) is 7.65. The van der Waals surface area contributed by atoms with Crippen molar-refractivity contribution < 1.29 is 9.59 Å². The number of carbonyl (C=O) groups is 2. The molecule has 0 radical (unpaired) electrons. The van der Waals surface area contributed by atoms with Gasteiger partial charge in [0.1, 0.15) is 0 Å². The summed E-state index contributed by atoms with van der Waals surface area (Å²) < 4.78 is 0.944. The summed E-state index contributed by atoms with van der Waals surface area (Å²) >= 11 is 8.03. The van der Waals surface area contributed by atoms with E-state index in [4.69, 9.17) is 11.6 Å². The largest absolute Gasteiger partial charge is 0.335 e. The predicted octanol–water partition coefficient (Wildman–Crippen LogP) is 3.54. The summed E-state index contributed by atoms with van der Waals surface area (Å²) in [6.45, 7) is 2.17. The van der Waals surface area contributed by atoms with E-state index in [0.717, 1.165) is 9.13 Å². The lowest BCUT2D eigenvalue weighted by Gasteiger charge is -2.35. The molecule has 0 N–H and O–H groups in total. The molecule has 0 aromatic heterocycles. The molecule has 124 valence electrons. The van der Waals surface area contributed by atoms with E-state index in [9.17, 15) is 9.59 Å². The summed E-state index contributed by atoms with van der Waals surface area (Å²) in [6, 6.07) is 14.4. The van der Waals surface area contributed by atoms with Crippen molar-refractivity contribution >= 4 is 46.0 Å². The molecular formula is C18H16ClIN2O2. The van der Waals surface area contributed by atoms with Gasteiger partial charge in [-0.25, -0.2) is 0 Å². The van der Waals surface area contributed by atoms with Crippen molar-refractivity contribution in [2.75, 3.05) is 26.2 Å². The standard InChI is InChI=1S/C18H16ClIN2O2/c19-14-7-5-13(6-8-14)17(23)21-9-11-22(12-10-21)18(24)15-3-1-2-4-16(15)20/h1-8H,9-12H2. The fourth-order valence-electron chi connectivity index (χ4n) is 2.69. The average molecular weight is 455 g/mol. The van der Waals surface area contributed by atoms with Gasteiger partial charge in [-0.1, -0.05) is 23.7 Å². The summed E-state index contributed by atoms with van der Waals surface area (Å²) in [6.07, 6.45) is 0. The van der Waals surface area contributed by atoms with Gasteiger partial charge in [0.25, 0.3) is 11.8 Å². The molecule has 6 heteroatoms. The van der Waals surface area contributed by atoms with E-state index >= 15 is 0 Å². The highest BCUT2D eigenvalue weighted by Gasteiger charge is 2.26. The third-order valence-electron chi connectivity index (χ3n) is 4.05. The molecule has 0 aliphatic carbocycles. The van der Waals surface area contributed by atoms with Crippen LogP contribution in [-0.4, -0.2) is 47.8 Å². The second-order valence-corrected chi connectivity index (χ2v) is 7.17. The Hall–Kier alpha value is -1.60. The van der Waals surface area contributed by atoms with E-state index in [1.807, 2.05) is 29.2 Å². The van der Waals surface area contributed by atoms with Gasteiger partial charge in [0, 0.05) is 40.3 Å².